The predicted octanol–water partition coefficient (Wildman–Crippen LogP) is -0.866. The standard InChI is InChI=1S/C14H23N3O3/c18-8-7-15-3-5-16(6-4-15)14(20)11-9-13(19)17(10-11)12-1-2-12/h11-12,18H,1-10H2. The van der Waals surface area contributed by atoms with E-state index in [1.54, 1.807) is 0 Å². The van der Waals surface area contributed by atoms with Gasteiger partial charge < -0.3 is 14.9 Å². The second kappa shape index (κ2) is 5.69. The largest absolute Gasteiger partial charge is 0.395 e. The minimum absolute atomic E-state index is 0.132. The van der Waals surface area contributed by atoms with E-state index < -0.39 is 0 Å². The van der Waals surface area contributed by atoms with Gasteiger partial charge in [0.05, 0.1) is 12.5 Å². The summed E-state index contributed by atoms with van der Waals surface area (Å²) in [7, 11) is 0. The normalized spacial score (nSPS) is 28.2. The highest BCUT2D eigenvalue weighted by Gasteiger charge is 2.43. The molecule has 6 heteroatoms. The van der Waals surface area contributed by atoms with Crippen molar-refractivity contribution in [2.45, 2.75) is 25.3 Å². The zero-order valence-corrected chi connectivity index (χ0v) is 11.8. The van der Waals surface area contributed by atoms with Gasteiger partial charge in [-0.25, -0.2) is 0 Å². The van der Waals surface area contributed by atoms with Gasteiger partial charge in [0.25, 0.3) is 0 Å². The maximum absolute atomic E-state index is 12.5. The number of carbonyl (C=O) groups excluding carboxylic acids is 2. The van der Waals surface area contributed by atoms with Crippen molar-refractivity contribution in [3.05, 3.63) is 0 Å². The highest BCUT2D eigenvalue weighted by Crippen LogP contribution is 2.33. The van der Waals surface area contributed by atoms with Gasteiger partial charge in [-0.3, -0.25) is 14.5 Å². The third-order valence-corrected chi connectivity index (χ3v) is 4.60. The lowest BCUT2D eigenvalue weighted by Crippen LogP contribution is -2.51. The third kappa shape index (κ3) is 2.81. The van der Waals surface area contributed by atoms with Gasteiger partial charge in [0.2, 0.25) is 11.8 Å². The number of aliphatic hydroxyl groups excluding tert-OH is 1. The van der Waals surface area contributed by atoms with E-state index in [2.05, 4.69) is 4.90 Å². The molecule has 0 aromatic heterocycles. The molecule has 1 atom stereocenters. The van der Waals surface area contributed by atoms with Gasteiger partial charge in [0, 0.05) is 51.7 Å². The molecule has 0 aromatic carbocycles. The molecule has 0 radical (unpaired) electrons. The first-order valence-electron chi connectivity index (χ1n) is 7.60. The number of hydrogen-bond donors (Lipinski definition) is 1. The van der Waals surface area contributed by atoms with E-state index in [4.69, 9.17) is 5.11 Å². The second-order valence-electron chi connectivity index (χ2n) is 6.07. The van der Waals surface area contributed by atoms with Crippen LogP contribution in [-0.2, 0) is 9.59 Å². The Labute approximate surface area is 119 Å². The van der Waals surface area contributed by atoms with Crippen LogP contribution in [0.25, 0.3) is 0 Å². The van der Waals surface area contributed by atoms with E-state index in [-0.39, 0.29) is 24.3 Å². The predicted molar refractivity (Wildman–Crippen MR) is 72.9 cm³/mol. The lowest BCUT2D eigenvalue weighted by Gasteiger charge is -2.35. The summed E-state index contributed by atoms with van der Waals surface area (Å²) in [5, 5.41) is 8.92. The van der Waals surface area contributed by atoms with Crippen LogP contribution in [0, 0.1) is 5.92 Å². The van der Waals surface area contributed by atoms with E-state index in [1.165, 1.54) is 0 Å². The van der Waals surface area contributed by atoms with Crippen LogP contribution in [0.3, 0.4) is 0 Å². The minimum atomic E-state index is -0.132. The molecule has 112 valence electrons. The van der Waals surface area contributed by atoms with Crippen LogP contribution in [0.15, 0.2) is 0 Å². The Morgan fingerprint density at radius 2 is 1.90 bits per heavy atom. The molecule has 3 aliphatic rings. The zero-order valence-electron chi connectivity index (χ0n) is 11.8. The molecule has 0 bridgehead atoms. The van der Waals surface area contributed by atoms with Crippen molar-refractivity contribution in [3.8, 4) is 0 Å². The average Bonchev–Trinajstić information content (AvgIpc) is 3.22. The van der Waals surface area contributed by atoms with Gasteiger partial charge in [-0.15, -0.1) is 0 Å². The molecule has 0 spiro atoms. The highest BCUT2D eigenvalue weighted by atomic mass is 16.3. The number of hydrogen-bond acceptors (Lipinski definition) is 4. The van der Waals surface area contributed by atoms with Crippen molar-refractivity contribution in [2.24, 2.45) is 5.92 Å². The topological polar surface area (TPSA) is 64.1 Å². The van der Waals surface area contributed by atoms with E-state index in [9.17, 15) is 9.59 Å². The van der Waals surface area contributed by atoms with Crippen LogP contribution in [0.4, 0.5) is 0 Å². The molecule has 2 saturated heterocycles. The van der Waals surface area contributed by atoms with Crippen molar-refractivity contribution >= 4 is 11.8 Å². The van der Waals surface area contributed by atoms with Crippen molar-refractivity contribution in [3.63, 3.8) is 0 Å². The number of carbonyl (C=O) groups is 2. The molecule has 2 heterocycles. The molecule has 3 rings (SSSR count). The van der Waals surface area contributed by atoms with Gasteiger partial charge in [-0.05, 0) is 12.8 Å². The van der Waals surface area contributed by atoms with Gasteiger partial charge in [0.1, 0.15) is 0 Å². The molecule has 2 aliphatic heterocycles. The Morgan fingerprint density at radius 1 is 1.20 bits per heavy atom. The number of rotatable bonds is 4. The van der Waals surface area contributed by atoms with Crippen LogP contribution in [0.5, 0.6) is 0 Å². The molecule has 3 fully saturated rings. The number of piperazine rings is 1. The van der Waals surface area contributed by atoms with E-state index in [0.29, 0.717) is 38.6 Å². The SMILES string of the molecule is O=C(C1CC(=O)N(C2CC2)C1)N1CCN(CCO)CC1. The Morgan fingerprint density at radius 3 is 2.50 bits per heavy atom. The summed E-state index contributed by atoms with van der Waals surface area (Å²) in [4.78, 5) is 30.4. The van der Waals surface area contributed by atoms with E-state index >= 15 is 0 Å². The maximum atomic E-state index is 12.5. The summed E-state index contributed by atoms with van der Waals surface area (Å²) in [5.41, 5.74) is 0. The van der Waals surface area contributed by atoms with Crippen molar-refractivity contribution < 1.29 is 14.7 Å². The number of amides is 2. The highest BCUT2D eigenvalue weighted by molar-refractivity contribution is 5.89. The summed E-state index contributed by atoms with van der Waals surface area (Å²) in [6.45, 7) is 4.54. The fourth-order valence-electron chi connectivity index (χ4n) is 3.23. The first-order chi connectivity index (χ1) is 9.69. The first kappa shape index (κ1) is 13.8. The van der Waals surface area contributed by atoms with Crippen LogP contribution < -0.4 is 0 Å². The summed E-state index contributed by atoms with van der Waals surface area (Å²) in [6, 6.07) is 0.418. The minimum Gasteiger partial charge on any atom is -0.395 e. The van der Waals surface area contributed by atoms with Crippen molar-refractivity contribution in [2.75, 3.05) is 45.9 Å². The molecule has 1 saturated carbocycles. The van der Waals surface area contributed by atoms with Gasteiger partial charge in [-0.2, -0.15) is 0 Å². The Hall–Kier alpha value is -1.14. The third-order valence-electron chi connectivity index (χ3n) is 4.60. The Balaban J connectivity index is 1.51. The fraction of sp³-hybridized carbons (Fsp3) is 0.857. The number of β-amino-alcohol motifs (C(OH)–C–C–N with tert-alkyl or cyclic N) is 1. The smallest absolute Gasteiger partial charge is 0.228 e. The lowest BCUT2D eigenvalue weighted by molar-refractivity contribution is -0.137. The molecule has 1 unspecified atom stereocenters. The molecule has 20 heavy (non-hydrogen) atoms. The van der Waals surface area contributed by atoms with Crippen LogP contribution in [0.2, 0.25) is 0 Å². The fourth-order valence-corrected chi connectivity index (χ4v) is 3.23. The summed E-state index contributed by atoms with van der Waals surface area (Å²) < 4.78 is 0. The lowest BCUT2D eigenvalue weighted by atomic mass is 10.1. The zero-order chi connectivity index (χ0) is 14.1. The molecule has 0 aromatic rings. The Bertz CT molecular complexity index is 389. The van der Waals surface area contributed by atoms with Crippen LogP contribution >= 0.6 is 0 Å². The molecular weight excluding hydrogens is 258 g/mol. The number of aliphatic hydroxyl groups is 1. The summed E-state index contributed by atoms with van der Waals surface area (Å²) in [5.74, 6) is 0.169. The monoisotopic (exact) mass is 281 g/mol. The van der Waals surface area contributed by atoms with Crippen molar-refractivity contribution in [1.82, 2.24) is 14.7 Å². The quantitative estimate of drug-likeness (QED) is 0.728. The molecule has 1 aliphatic carbocycles. The molecule has 2 amide bonds. The van der Waals surface area contributed by atoms with Gasteiger partial charge >= 0.3 is 0 Å². The first-order valence-corrected chi connectivity index (χ1v) is 7.60. The second-order valence-corrected chi connectivity index (χ2v) is 6.07. The van der Waals surface area contributed by atoms with E-state index in [1.807, 2.05) is 9.80 Å². The number of nitrogens with zero attached hydrogens (tertiary/aromatic N) is 3. The average molecular weight is 281 g/mol. The molecule has 6 nitrogen and oxygen atoms in total. The Kier molecular flexibility index (Phi) is 3.94. The van der Waals surface area contributed by atoms with Crippen LogP contribution in [-0.4, -0.2) is 83.5 Å². The molecule has 1 N–H and O–H groups in total. The van der Waals surface area contributed by atoms with E-state index in [0.717, 1.165) is 25.9 Å². The van der Waals surface area contributed by atoms with Crippen LogP contribution in [0.1, 0.15) is 19.3 Å². The van der Waals surface area contributed by atoms with Gasteiger partial charge in [-0.1, -0.05) is 0 Å². The summed E-state index contributed by atoms with van der Waals surface area (Å²) in [6.07, 6.45) is 2.60. The van der Waals surface area contributed by atoms with Crippen molar-refractivity contribution in [1.29, 1.82) is 0 Å². The molecular formula is C14H23N3O3. The number of likely N-dealkylation sites (tertiary alicyclic amines) is 1. The van der Waals surface area contributed by atoms with Gasteiger partial charge in [0.15, 0.2) is 0 Å². The summed E-state index contributed by atoms with van der Waals surface area (Å²) >= 11 is 0. The maximum Gasteiger partial charge on any atom is 0.228 e.